The SMILES string of the molecule is CONC(=O)N1CCCCC1CC(C)C. The van der Waals surface area contributed by atoms with Gasteiger partial charge in [-0.25, -0.2) is 10.3 Å². The van der Waals surface area contributed by atoms with Gasteiger partial charge >= 0.3 is 6.03 Å². The average molecular weight is 214 g/mol. The molecule has 1 fully saturated rings. The van der Waals surface area contributed by atoms with E-state index in [9.17, 15) is 4.79 Å². The molecule has 0 radical (unpaired) electrons. The number of likely N-dealkylation sites (tertiary alicyclic amines) is 1. The van der Waals surface area contributed by atoms with Gasteiger partial charge in [0.25, 0.3) is 0 Å². The summed E-state index contributed by atoms with van der Waals surface area (Å²) in [6.45, 7) is 5.24. The highest BCUT2D eigenvalue weighted by Crippen LogP contribution is 2.22. The van der Waals surface area contributed by atoms with Gasteiger partial charge in [0.15, 0.2) is 0 Å². The number of hydroxylamine groups is 1. The van der Waals surface area contributed by atoms with E-state index in [2.05, 4.69) is 24.2 Å². The molecule has 4 heteroatoms. The fourth-order valence-electron chi connectivity index (χ4n) is 2.20. The number of urea groups is 1. The lowest BCUT2D eigenvalue weighted by Crippen LogP contribution is -2.48. The number of rotatable bonds is 3. The molecule has 0 aliphatic carbocycles. The van der Waals surface area contributed by atoms with Crippen LogP contribution in [0.1, 0.15) is 39.5 Å². The van der Waals surface area contributed by atoms with Gasteiger partial charge in [0.05, 0.1) is 7.11 Å². The standard InChI is InChI=1S/C11H22N2O2/c1-9(2)8-10-6-4-5-7-13(10)11(14)12-15-3/h9-10H,4-8H2,1-3H3,(H,12,14). The molecule has 2 amide bonds. The molecule has 1 rings (SSSR count). The first-order valence-electron chi connectivity index (χ1n) is 5.74. The van der Waals surface area contributed by atoms with Crippen LogP contribution in [0.3, 0.4) is 0 Å². The first-order valence-corrected chi connectivity index (χ1v) is 5.74. The van der Waals surface area contributed by atoms with Gasteiger partial charge in [0.1, 0.15) is 0 Å². The Kier molecular flexibility index (Phi) is 4.88. The Morgan fingerprint density at radius 3 is 2.87 bits per heavy atom. The van der Waals surface area contributed by atoms with Gasteiger partial charge in [0.2, 0.25) is 0 Å². The third kappa shape index (κ3) is 3.70. The first kappa shape index (κ1) is 12.3. The number of piperidine rings is 1. The lowest BCUT2D eigenvalue weighted by molar-refractivity contribution is 0.0668. The van der Waals surface area contributed by atoms with E-state index in [0.717, 1.165) is 25.8 Å². The van der Waals surface area contributed by atoms with Gasteiger partial charge in [-0.3, -0.25) is 4.84 Å². The van der Waals surface area contributed by atoms with Crippen LogP contribution >= 0.6 is 0 Å². The predicted molar refractivity (Wildman–Crippen MR) is 59.3 cm³/mol. The maximum atomic E-state index is 11.7. The van der Waals surface area contributed by atoms with E-state index < -0.39 is 0 Å². The third-order valence-corrected chi connectivity index (χ3v) is 2.82. The number of hydrogen-bond acceptors (Lipinski definition) is 2. The van der Waals surface area contributed by atoms with E-state index in [0.29, 0.717) is 12.0 Å². The summed E-state index contributed by atoms with van der Waals surface area (Å²) in [6.07, 6.45) is 4.53. The van der Waals surface area contributed by atoms with E-state index in [1.165, 1.54) is 13.5 Å². The van der Waals surface area contributed by atoms with Crippen LogP contribution in [-0.2, 0) is 4.84 Å². The monoisotopic (exact) mass is 214 g/mol. The summed E-state index contributed by atoms with van der Waals surface area (Å²) in [4.78, 5) is 18.3. The molecule has 0 saturated carbocycles. The van der Waals surface area contributed by atoms with Crippen molar-refractivity contribution in [2.45, 2.75) is 45.6 Å². The second kappa shape index (κ2) is 5.95. The molecule has 1 saturated heterocycles. The zero-order valence-electron chi connectivity index (χ0n) is 9.95. The Labute approximate surface area is 91.9 Å². The van der Waals surface area contributed by atoms with Crippen LogP contribution < -0.4 is 5.48 Å². The molecule has 15 heavy (non-hydrogen) atoms. The van der Waals surface area contributed by atoms with E-state index in [-0.39, 0.29) is 6.03 Å². The lowest BCUT2D eigenvalue weighted by Gasteiger charge is -2.36. The molecule has 1 heterocycles. The Balaban J connectivity index is 2.52. The Morgan fingerprint density at radius 1 is 1.53 bits per heavy atom. The number of carbonyl (C=O) groups excluding carboxylic acids is 1. The smallest absolute Gasteiger partial charge is 0.320 e. The van der Waals surface area contributed by atoms with Crippen molar-refractivity contribution >= 4 is 6.03 Å². The molecular formula is C11H22N2O2. The lowest BCUT2D eigenvalue weighted by atomic mass is 9.94. The van der Waals surface area contributed by atoms with Crippen molar-refractivity contribution < 1.29 is 9.63 Å². The van der Waals surface area contributed by atoms with E-state index >= 15 is 0 Å². The minimum absolute atomic E-state index is 0.0946. The highest BCUT2D eigenvalue weighted by Gasteiger charge is 2.26. The van der Waals surface area contributed by atoms with Gasteiger partial charge in [-0.05, 0) is 31.6 Å². The molecule has 1 aliphatic rings. The van der Waals surface area contributed by atoms with Crippen molar-refractivity contribution in [3.63, 3.8) is 0 Å². The van der Waals surface area contributed by atoms with Crippen LogP contribution in [0.2, 0.25) is 0 Å². The molecule has 88 valence electrons. The summed E-state index contributed by atoms with van der Waals surface area (Å²) in [6, 6.07) is 0.289. The van der Waals surface area contributed by atoms with Gasteiger partial charge < -0.3 is 4.90 Å². The normalized spacial score (nSPS) is 21.9. The largest absolute Gasteiger partial charge is 0.341 e. The summed E-state index contributed by atoms with van der Waals surface area (Å²) in [5.41, 5.74) is 2.41. The summed E-state index contributed by atoms with van der Waals surface area (Å²) in [7, 11) is 1.47. The highest BCUT2D eigenvalue weighted by molar-refractivity contribution is 5.73. The molecule has 1 atom stereocenters. The quantitative estimate of drug-likeness (QED) is 0.731. The molecule has 1 aliphatic heterocycles. The van der Waals surface area contributed by atoms with Crippen molar-refractivity contribution in [3.8, 4) is 0 Å². The highest BCUT2D eigenvalue weighted by atomic mass is 16.6. The zero-order chi connectivity index (χ0) is 11.3. The van der Waals surface area contributed by atoms with Crippen molar-refractivity contribution in [2.24, 2.45) is 5.92 Å². The maximum absolute atomic E-state index is 11.7. The molecule has 1 unspecified atom stereocenters. The van der Waals surface area contributed by atoms with Crippen molar-refractivity contribution in [3.05, 3.63) is 0 Å². The van der Waals surface area contributed by atoms with Gasteiger partial charge in [-0.15, -0.1) is 0 Å². The molecule has 4 nitrogen and oxygen atoms in total. The third-order valence-electron chi connectivity index (χ3n) is 2.82. The molecule has 0 aromatic carbocycles. The van der Waals surface area contributed by atoms with Gasteiger partial charge in [-0.2, -0.15) is 0 Å². The summed E-state index contributed by atoms with van der Waals surface area (Å²) < 4.78 is 0. The number of hydrogen-bond donors (Lipinski definition) is 1. The molecule has 0 spiro atoms. The fourth-order valence-corrected chi connectivity index (χ4v) is 2.20. The summed E-state index contributed by atoms with van der Waals surface area (Å²) in [5.74, 6) is 0.631. The van der Waals surface area contributed by atoms with Crippen molar-refractivity contribution in [2.75, 3.05) is 13.7 Å². The number of carbonyl (C=O) groups is 1. The van der Waals surface area contributed by atoms with Gasteiger partial charge in [-0.1, -0.05) is 13.8 Å². The fraction of sp³-hybridized carbons (Fsp3) is 0.909. The number of nitrogens with zero attached hydrogens (tertiary/aromatic N) is 1. The summed E-state index contributed by atoms with van der Waals surface area (Å²) in [5, 5.41) is 0. The first-order chi connectivity index (χ1) is 7.15. The van der Waals surface area contributed by atoms with Crippen molar-refractivity contribution in [1.29, 1.82) is 0 Å². The number of nitrogens with one attached hydrogen (secondary N) is 1. The van der Waals surface area contributed by atoms with Crippen LogP contribution in [0, 0.1) is 5.92 Å². The minimum atomic E-state index is -0.0946. The molecule has 0 aromatic rings. The van der Waals surface area contributed by atoms with E-state index in [1.807, 2.05) is 4.90 Å². The van der Waals surface area contributed by atoms with E-state index in [4.69, 9.17) is 0 Å². The molecule has 0 aromatic heterocycles. The van der Waals surface area contributed by atoms with Gasteiger partial charge in [0, 0.05) is 12.6 Å². The minimum Gasteiger partial charge on any atom is -0.320 e. The van der Waals surface area contributed by atoms with Crippen molar-refractivity contribution in [1.82, 2.24) is 10.4 Å². The molecule has 1 N–H and O–H groups in total. The van der Waals surface area contributed by atoms with Crippen LogP contribution in [0.4, 0.5) is 4.79 Å². The Bertz CT molecular complexity index is 207. The predicted octanol–water partition coefficient (Wildman–Crippen LogP) is 2.16. The van der Waals surface area contributed by atoms with E-state index in [1.54, 1.807) is 0 Å². The van der Waals surface area contributed by atoms with Crippen LogP contribution in [0.25, 0.3) is 0 Å². The second-order valence-electron chi connectivity index (χ2n) is 4.58. The second-order valence-corrected chi connectivity index (χ2v) is 4.58. The molecule has 0 bridgehead atoms. The van der Waals surface area contributed by atoms with Crippen LogP contribution in [-0.4, -0.2) is 30.6 Å². The average Bonchev–Trinajstić information content (AvgIpc) is 2.18. The Hall–Kier alpha value is -0.770. The maximum Gasteiger partial charge on any atom is 0.341 e. The zero-order valence-corrected chi connectivity index (χ0v) is 9.95. The number of amides is 2. The summed E-state index contributed by atoms with van der Waals surface area (Å²) >= 11 is 0. The topological polar surface area (TPSA) is 41.6 Å². The molecular weight excluding hydrogens is 192 g/mol. The van der Waals surface area contributed by atoms with Crippen LogP contribution in [0.15, 0.2) is 0 Å². The van der Waals surface area contributed by atoms with Crippen LogP contribution in [0.5, 0.6) is 0 Å². The Morgan fingerprint density at radius 2 is 2.27 bits per heavy atom.